The third-order valence-electron chi connectivity index (χ3n) is 2.08. The van der Waals surface area contributed by atoms with Crippen molar-refractivity contribution in [1.82, 2.24) is 10.6 Å². The lowest BCUT2D eigenvalue weighted by molar-refractivity contribution is -0.109. The molecule has 0 spiro atoms. The van der Waals surface area contributed by atoms with E-state index < -0.39 is 22.0 Å². The van der Waals surface area contributed by atoms with Crippen LogP contribution >= 0.6 is 0 Å². The zero-order valence-electron chi connectivity index (χ0n) is 7.64. The molecule has 14 heavy (non-hydrogen) atoms. The van der Waals surface area contributed by atoms with Crippen molar-refractivity contribution in [2.75, 3.05) is 24.6 Å². The molecule has 0 aromatic rings. The quantitative estimate of drug-likeness (QED) is 0.352. The van der Waals surface area contributed by atoms with Gasteiger partial charge in [0, 0.05) is 19.1 Å². The van der Waals surface area contributed by atoms with E-state index in [4.69, 9.17) is 0 Å². The highest BCUT2D eigenvalue weighted by molar-refractivity contribution is 7.91. The monoisotopic (exact) mass is 222 g/mol. The largest absolute Gasteiger partial charge is 0.390 e. The van der Waals surface area contributed by atoms with E-state index in [0.717, 1.165) is 0 Å². The van der Waals surface area contributed by atoms with E-state index >= 15 is 0 Å². The second-order valence-corrected chi connectivity index (χ2v) is 5.43. The number of nitrogens with one attached hydrogen (secondary N) is 2. The van der Waals surface area contributed by atoms with Crippen LogP contribution in [-0.4, -0.2) is 56.7 Å². The molecule has 2 atom stereocenters. The minimum Gasteiger partial charge on any atom is -0.390 e. The lowest BCUT2D eigenvalue weighted by Gasteiger charge is -2.14. The van der Waals surface area contributed by atoms with Crippen molar-refractivity contribution in [1.29, 1.82) is 0 Å². The summed E-state index contributed by atoms with van der Waals surface area (Å²) in [6, 6.07) is -0.409. The number of hydrogen-bond donors (Lipinski definition) is 3. The molecule has 82 valence electrons. The average molecular weight is 222 g/mol. The third kappa shape index (κ3) is 3.24. The highest BCUT2D eigenvalue weighted by atomic mass is 32.2. The van der Waals surface area contributed by atoms with Crippen LogP contribution in [0.15, 0.2) is 0 Å². The summed E-state index contributed by atoms with van der Waals surface area (Å²) in [5, 5.41) is 14.7. The first kappa shape index (κ1) is 11.4. The van der Waals surface area contributed by atoms with Crippen molar-refractivity contribution < 1.29 is 18.3 Å². The molecule has 3 N–H and O–H groups in total. The van der Waals surface area contributed by atoms with Crippen molar-refractivity contribution in [3.8, 4) is 0 Å². The summed E-state index contributed by atoms with van der Waals surface area (Å²) in [6.45, 7) is 0.878. The van der Waals surface area contributed by atoms with Gasteiger partial charge in [0.2, 0.25) is 6.41 Å². The van der Waals surface area contributed by atoms with E-state index in [2.05, 4.69) is 10.6 Å². The summed E-state index contributed by atoms with van der Waals surface area (Å²) < 4.78 is 22.1. The summed E-state index contributed by atoms with van der Waals surface area (Å²) in [5.74, 6) is -0.207. The van der Waals surface area contributed by atoms with E-state index in [1.807, 2.05) is 0 Å². The van der Waals surface area contributed by atoms with Crippen LogP contribution in [-0.2, 0) is 14.6 Å². The van der Waals surface area contributed by atoms with Gasteiger partial charge in [0.25, 0.3) is 0 Å². The summed E-state index contributed by atoms with van der Waals surface area (Å²) in [7, 11) is -3.09. The van der Waals surface area contributed by atoms with Gasteiger partial charge in [0.05, 0.1) is 17.6 Å². The van der Waals surface area contributed by atoms with Crippen LogP contribution in [0.2, 0.25) is 0 Å². The Bertz CT molecular complexity index is 290. The molecule has 0 aliphatic carbocycles. The van der Waals surface area contributed by atoms with Crippen molar-refractivity contribution in [2.45, 2.75) is 12.1 Å². The Labute approximate surface area is 82.6 Å². The van der Waals surface area contributed by atoms with E-state index in [-0.39, 0.29) is 11.5 Å². The molecule has 1 amide bonds. The van der Waals surface area contributed by atoms with Crippen LogP contribution in [0.1, 0.15) is 0 Å². The number of carbonyl (C=O) groups is 1. The summed E-state index contributed by atoms with van der Waals surface area (Å²) in [5.41, 5.74) is 0. The van der Waals surface area contributed by atoms with Crippen molar-refractivity contribution in [3.05, 3.63) is 0 Å². The van der Waals surface area contributed by atoms with Crippen LogP contribution < -0.4 is 10.6 Å². The maximum atomic E-state index is 11.1. The number of hydrogen-bond acceptors (Lipinski definition) is 5. The van der Waals surface area contributed by atoms with Crippen molar-refractivity contribution in [2.24, 2.45) is 0 Å². The van der Waals surface area contributed by atoms with Crippen LogP contribution in [0.25, 0.3) is 0 Å². The zero-order valence-corrected chi connectivity index (χ0v) is 8.46. The molecule has 1 aliphatic rings. The number of sulfone groups is 1. The number of rotatable bonds is 5. The molecule has 6 nitrogen and oxygen atoms in total. The lowest BCUT2D eigenvalue weighted by Crippen LogP contribution is -2.41. The van der Waals surface area contributed by atoms with Crippen LogP contribution in [0.4, 0.5) is 0 Å². The predicted octanol–water partition coefficient (Wildman–Crippen LogP) is -2.52. The van der Waals surface area contributed by atoms with Gasteiger partial charge < -0.3 is 15.7 Å². The van der Waals surface area contributed by atoms with Gasteiger partial charge >= 0.3 is 0 Å². The average Bonchev–Trinajstić information content (AvgIpc) is 2.34. The molecule has 0 radical (unpaired) electrons. The van der Waals surface area contributed by atoms with Crippen LogP contribution in [0, 0.1) is 0 Å². The molecule has 0 bridgehead atoms. The SMILES string of the molecule is O=CNCCNC1CS(=O)(=O)CC1O. The molecule has 1 rings (SSSR count). The Morgan fingerprint density at radius 2 is 2.07 bits per heavy atom. The third-order valence-corrected chi connectivity index (χ3v) is 3.80. The zero-order chi connectivity index (χ0) is 10.6. The molecule has 7 heteroatoms. The highest BCUT2D eigenvalue weighted by Crippen LogP contribution is 2.11. The van der Waals surface area contributed by atoms with E-state index in [0.29, 0.717) is 19.5 Å². The molecule has 1 fully saturated rings. The van der Waals surface area contributed by atoms with E-state index in [1.165, 1.54) is 0 Å². The van der Waals surface area contributed by atoms with E-state index in [1.54, 1.807) is 0 Å². The Balaban J connectivity index is 2.29. The first-order valence-corrected chi connectivity index (χ1v) is 6.16. The smallest absolute Gasteiger partial charge is 0.207 e. The molecule has 1 heterocycles. The highest BCUT2D eigenvalue weighted by Gasteiger charge is 2.35. The van der Waals surface area contributed by atoms with Gasteiger partial charge in [-0.2, -0.15) is 0 Å². The number of aliphatic hydroxyl groups is 1. The molecule has 2 unspecified atom stereocenters. The standard InChI is InChI=1S/C7H14N2O4S/c10-5-8-1-2-9-6-3-14(12,13)4-7(6)11/h5-7,9,11H,1-4H2,(H,8,10). The molecule has 0 aromatic heterocycles. The molecule has 0 aromatic carbocycles. The van der Waals surface area contributed by atoms with Gasteiger partial charge in [-0.05, 0) is 0 Å². The first-order valence-electron chi connectivity index (χ1n) is 4.34. The maximum Gasteiger partial charge on any atom is 0.207 e. The fraction of sp³-hybridized carbons (Fsp3) is 0.857. The van der Waals surface area contributed by atoms with Crippen molar-refractivity contribution in [3.63, 3.8) is 0 Å². The Kier molecular flexibility index (Phi) is 3.85. The Morgan fingerprint density at radius 3 is 2.57 bits per heavy atom. The lowest BCUT2D eigenvalue weighted by atomic mass is 10.2. The minimum absolute atomic E-state index is 0.0325. The topological polar surface area (TPSA) is 95.5 Å². The van der Waals surface area contributed by atoms with Gasteiger partial charge in [0.1, 0.15) is 0 Å². The van der Waals surface area contributed by atoms with Crippen LogP contribution in [0.5, 0.6) is 0 Å². The molecular formula is C7H14N2O4S. The van der Waals surface area contributed by atoms with Gasteiger partial charge in [-0.3, -0.25) is 4.79 Å². The van der Waals surface area contributed by atoms with Crippen LogP contribution in [0.3, 0.4) is 0 Å². The summed E-state index contributed by atoms with van der Waals surface area (Å²) in [6.07, 6.45) is -0.264. The fourth-order valence-corrected chi connectivity index (χ4v) is 3.19. The Hall–Kier alpha value is -0.660. The molecule has 0 saturated carbocycles. The molecule has 1 aliphatic heterocycles. The normalized spacial score (nSPS) is 30.1. The number of aliphatic hydroxyl groups excluding tert-OH is 1. The molecule has 1 saturated heterocycles. The summed E-state index contributed by atoms with van der Waals surface area (Å²) in [4.78, 5) is 9.88. The first-order chi connectivity index (χ1) is 6.55. The molecular weight excluding hydrogens is 208 g/mol. The second kappa shape index (κ2) is 4.72. The number of carbonyl (C=O) groups excluding carboxylic acids is 1. The Morgan fingerprint density at radius 1 is 1.36 bits per heavy atom. The maximum absolute atomic E-state index is 11.1. The van der Waals surface area contributed by atoms with Crippen molar-refractivity contribution >= 4 is 16.2 Å². The number of amides is 1. The second-order valence-electron chi connectivity index (χ2n) is 3.28. The fourth-order valence-electron chi connectivity index (χ4n) is 1.41. The van der Waals surface area contributed by atoms with Gasteiger partial charge in [-0.15, -0.1) is 0 Å². The van der Waals surface area contributed by atoms with Gasteiger partial charge in [-0.25, -0.2) is 8.42 Å². The summed E-state index contributed by atoms with van der Waals surface area (Å²) >= 11 is 0. The minimum atomic E-state index is -3.09. The predicted molar refractivity (Wildman–Crippen MR) is 50.5 cm³/mol. The van der Waals surface area contributed by atoms with E-state index in [9.17, 15) is 18.3 Å². The van der Waals surface area contributed by atoms with Gasteiger partial charge in [0.15, 0.2) is 9.84 Å². The van der Waals surface area contributed by atoms with Gasteiger partial charge in [-0.1, -0.05) is 0 Å².